The SMILES string of the molecule is Cc1cnccc1CS(C)(=O)=O. The lowest BCUT2D eigenvalue weighted by Gasteiger charge is -2.01. The number of aryl methyl sites for hydroxylation is 1. The van der Waals surface area contributed by atoms with E-state index in [1.807, 2.05) is 6.92 Å². The van der Waals surface area contributed by atoms with Crippen molar-refractivity contribution < 1.29 is 8.42 Å². The quantitative estimate of drug-likeness (QED) is 0.688. The smallest absolute Gasteiger partial charge is 0.151 e. The van der Waals surface area contributed by atoms with Crippen molar-refractivity contribution in [3.8, 4) is 0 Å². The summed E-state index contributed by atoms with van der Waals surface area (Å²) in [6.07, 6.45) is 4.50. The summed E-state index contributed by atoms with van der Waals surface area (Å²) in [4.78, 5) is 3.88. The highest BCUT2D eigenvalue weighted by atomic mass is 32.2. The molecule has 0 saturated heterocycles. The van der Waals surface area contributed by atoms with Crippen LogP contribution >= 0.6 is 0 Å². The summed E-state index contributed by atoms with van der Waals surface area (Å²) in [5, 5.41) is 0. The fraction of sp³-hybridized carbons (Fsp3) is 0.375. The fourth-order valence-corrected chi connectivity index (χ4v) is 1.84. The number of hydrogen-bond donors (Lipinski definition) is 0. The number of sulfone groups is 1. The van der Waals surface area contributed by atoms with Gasteiger partial charge in [0.1, 0.15) is 0 Å². The molecule has 1 heterocycles. The Morgan fingerprint density at radius 1 is 1.50 bits per heavy atom. The number of aromatic nitrogens is 1. The normalized spacial score (nSPS) is 11.5. The second kappa shape index (κ2) is 3.23. The van der Waals surface area contributed by atoms with E-state index < -0.39 is 9.84 Å². The molecule has 0 N–H and O–H groups in total. The molecule has 0 radical (unpaired) electrons. The number of hydrogen-bond acceptors (Lipinski definition) is 3. The van der Waals surface area contributed by atoms with Crippen molar-refractivity contribution in [1.82, 2.24) is 4.98 Å². The molecule has 0 aliphatic heterocycles. The first-order chi connectivity index (χ1) is 5.49. The molecular weight excluding hydrogens is 174 g/mol. The molecule has 1 aromatic heterocycles. The van der Waals surface area contributed by atoms with Crippen molar-refractivity contribution >= 4 is 9.84 Å². The molecule has 0 aliphatic rings. The highest BCUT2D eigenvalue weighted by molar-refractivity contribution is 7.89. The lowest BCUT2D eigenvalue weighted by molar-refractivity contribution is 0.601. The predicted molar refractivity (Wildman–Crippen MR) is 47.5 cm³/mol. The molecule has 4 heteroatoms. The third-order valence-corrected chi connectivity index (χ3v) is 2.39. The molecule has 1 aromatic rings. The van der Waals surface area contributed by atoms with E-state index in [0.717, 1.165) is 11.1 Å². The molecule has 12 heavy (non-hydrogen) atoms. The molecule has 0 spiro atoms. The fourth-order valence-electron chi connectivity index (χ4n) is 0.947. The van der Waals surface area contributed by atoms with E-state index in [4.69, 9.17) is 0 Å². The van der Waals surface area contributed by atoms with Gasteiger partial charge in [-0.1, -0.05) is 0 Å². The molecule has 0 bridgehead atoms. The van der Waals surface area contributed by atoms with Crippen LogP contribution in [0.15, 0.2) is 18.5 Å². The summed E-state index contributed by atoms with van der Waals surface area (Å²) in [7, 11) is -2.93. The van der Waals surface area contributed by atoms with Crippen LogP contribution in [0.25, 0.3) is 0 Å². The molecule has 0 amide bonds. The molecule has 1 rings (SSSR count). The van der Waals surface area contributed by atoms with E-state index in [0.29, 0.717) is 0 Å². The summed E-state index contributed by atoms with van der Waals surface area (Å²) in [6, 6.07) is 1.73. The van der Waals surface area contributed by atoms with Gasteiger partial charge in [-0.15, -0.1) is 0 Å². The van der Waals surface area contributed by atoms with Crippen molar-refractivity contribution in [2.45, 2.75) is 12.7 Å². The van der Waals surface area contributed by atoms with Crippen LogP contribution in [0, 0.1) is 6.92 Å². The lowest BCUT2D eigenvalue weighted by Crippen LogP contribution is -2.02. The Morgan fingerprint density at radius 3 is 2.67 bits per heavy atom. The standard InChI is InChI=1S/C8H11NO2S/c1-7-5-9-4-3-8(7)6-12(2,10)11/h3-5H,6H2,1-2H3. The van der Waals surface area contributed by atoms with Crippen LogP contribution in [0.3, 0.4) is 0 Å². The van der Waals surface area contributed by atoms with E-state index in [-0.39, 0.29) is 5.75 Å². The van der Waals surface area contributed by atoms with Gasteiger partial charge in [-0.05, 0) is 24.1 Å². The van der Waals surface area contributed by atoms with Gasteiger partial charge in [0.25, 0.3) is 0 Å². The first-order valence-electron chi connectivity index (χ1n) is 3.56. The highest BCUT2D eigenvalue weighted by Gasteiger charge is 2.05. The summed E-state index contributed by atoms with van der Waals surface area (Å²) in [5.74, 6) is 0.0986. The van der Waals surface area contributed by atoms with Crippen LogP contribution in [0.1, 0.15) is 11.1 Å². The van der Waals surface area contributed by atoms with Gasteiger partial charge in [-0.2, -0.15) is 0 Å². The molecule has 66 valence electrons. The van der Waals surface area contributed by atoms with Gasteiger partial charge in [-0.25, -0.2) is 8.42 Å². The Morgan fingerprint density at radius 2 is 2.17 bits per heavy atom. The number of rotatable bonds is 2. The van der Waals surface area contributed by atoms with E-state index >= 15 is 0 Å². The van der Waals surface area contributed by atoms with Gasteiger partial charge in [0, 0.05) is 18.6 Å². The maximum Gasteiger partial charge on any atom is 0.151 e. The van der Waals surface area contributed by atoms with Crippen molar-refractivity contribution in [1.29, 1.82) is 0 Å². The minimum atomic E-state index is -2.93. The summed E-state index contributed by atoms with van der Waals surface area (Å²) in [6.45, 7) is 1.85. The van der Waals surface area contributed by atoms with Crippen molar-refractivity contribution in [3.63, 3.8) is 0 Å². The average molecular weight is 185 g/mol. The van der Waals surface area contributed by atoms with Crippen molar-refractivity contribution in [2.24, 2.45) is 0 Å². The lowest BCUT2D eigenvalue weighted by atomic mass is 10.2. The maximum absolute atomic E-state index is 10.9. The summed E-state index contributed by atoms with van der Waals surface area (Å²) < 4.78 is 21.9. The van der Waals surface area contributed by atoms with E-state index in [1.165, 1.54) is 6.26 Å². The molecule has 0 fully saturated rings. The second-order valence-corrected chi connectivity index (χ2v) is 5.01. The molecule has 0 aliphatic carbocycles. The number of nitrogens with zero attached hydrogens (tertiary/aromatic N) is 1. The zero-order valence-electron chi connectivity index (χ0n) is 7.11. The van der Waals surface area contributed by atoms with Gasteiger partial charge in [0.2, 0.25) is 0 Å². The van der Waals surface area contributed by atoms with E-state index in [2.05, 4.69) is 4.98 Å². The first kappa shape index (κ1) is 9.19. The van der Waals surface area contributed by atoms with Crippen LogP contribution in [-0.4, -0.2) is 19.7 Å². The largest absolute Gasteiger partial charge is 0.264 e. The van der Waals surface area contributed by atoms with Crippen molar-refractivity contribution in [3.05, 3.63) is 29.6 Å². The number of pyridine rings is 1. The Labute approximate surface area is 72.4 Å². The van der Waals surface area contributed by atoms with Crippen LogP contribution in [0.5, 0.6) is 0 Å². The highest BCUT2D eigenvalue weighted by Crippen LogP contribution is 2.08. The van der Waals surface area contributed by atoms with E-state index in [9.17, 15) is 8.42 Å². The molecular formula is C8H11NO2S. The van der Waals surface area contributed by atoms with Crippen LogP contribution < -0.4 is 0 Å². The Bertz CT molecular complexity index is 370. The van der Waals surface area contributed by atoms with Crippen LogP contribution in [0.2, 0.25) is 0 Å². The Balaban J connectivity index is 2.98. The first-order valence-corrected chi connectivity index (χ1v) is 5.62. The van der Waals surface area contributed by atoms with Gasteiger partial charge in [0.05, 0.1) is 5.75 Å². The minimum absolute atomic E-state index is 0.0986. The van der Waals surface area contributed by atoms with Gasteiger partial charge < -0.3 is 0 Å². The monoisotopic (exact) mass is 185 g/mol. The molecule has 0 unspecified atom stereocenters. The Hall–Kier alpha value is -0.900. The van der Waals surface area contributed by atoms with E-state index in [1.54, 1.807) is 18.5 Å². The summed E-state index contributed by atoms with van der Waals surface area (Å²) in [5.41, 5.74) is 1.75. The summed E-state index contributed by atoms with van der Waals surface area (Å²) >= 11 is 0. The molecule has 0 saturated carbocycles. The van der Waals surface area contributed by atoms with Gasteiger partial charge >= 0.3 is 0 Å². The maximum atomic E-state index is 10.9. The average Bonchev–Trinajstić information content (AvgIpc) is 1.91. The second-order valence-electron chi connectivity index (χ2n) is 2.87. The van der Waals surface area contributed by atoms with Gasteiger partial charge in [-0.3, -0.25) is 4.98 Å². The zero-order valence-corrected chi connectivity index (χ0v) is 7.93. The van der Waals surface area contributed by atoms with Crippen LogP contribution in [0.4, 0.5) is 0 Å². The third kappa shape index (κ3) is 2.62. The molecule has 0 aromatic carbocycles. The van der Waals surface area contributed by atoms with Gasteiger partial charge in [0.15, 0.2) is 9.84 Å². The van der Waals surface area contributed by atoms with Crippen LogP contribution in [-0.2, 0) is 15.6 Å². The molecule has 0 atom stereocenters. The van der Waals surface area contributed by atoms with Crippen molar-refractivity contribution in [2.75, 3.05) is 6.26 Å². The predicted octanol–water partition coefficient (Wildman–Crippen LogP) is 0.935. The third-order valence-electron chi connectivity index (χ3n) is 1.55. The minimum Gasteiger partial charge on any atom is -0.264 e. The topological polar surface area (TPSA) is 47.0 Å². The Kier molecular flexibility index (Phi) is 2.47. The zero-order chi connectivity index (χ0) is 9.19. The molecule has 3 nitrogen and oxygen atoms in total.